The molecule has 0 aromatic heterocycles. The minimum Gasteiger partial charge on any atom is -0.330 e. The maximum absolute atomic E-state index is 6.09. The molecule has 1 nitrogen and oxygen atoms in total. The summed E-state index contributed by atoms with van der Waals surface area (Å²) in [6.07, 6.45) is 4.90. The molecule has 0 aliphatic rings. The van der Waals surface area contributed by atoms with Gasteiger partial charge in [0.2, 0.25) is 0 Å². The Morgan fingerprint density at radius 1 is 1.18 bits per heavy atom. The van der Waals surface area contributed by atoms with Gasteiger partial charge in [0.1, 0.15) is 0 Å². The second-order valence-electron chi connectivity index (χ2n) is 5.30. The molecule has 0 saturated heterocycles. The van der Waals surface area contributed by atoms with Crippen LogP contribution in [0.1, 0.15) is 52.0 Å². The Kier molecular flexibility index (Phi) is 5.70. The van der Waals surface area contributed by atoms with Gasteiger partial charge >= 0.3 is 0 Å². The maximum Gasteiger partial charge on any atom is 0.00754 e. The fourth-order valence-electron chi connectivity index (χ4n) is 2.87. The van der Waals surface area contributed by atoms with Crippen LogP contribution in [0.25, 0.3) is 0 Å². The fraction of sp³-hybridized carbons (Fsp3) is 0.625. The lowest BCUT2D eigenvalue weighted by atomic mass is 9.71. The Morgan fingerprint density at radius 2 is 1.82 bits per heavy atom. The second kappa shape index (κ2) is 6.80. The zero-order valence-corrected chi connectivity index (χ0v) is 11.6. The molecule has 1 rings (SSSR count). The van der Waals surface area contributed by atoms with E-state index in [-0.39, 0.29) is 5.41 Å². The monoisotopic (exact) mass is 233 g/mol. The van der Waals surface area contributed by atoms with Gasteiger partial charge in [-0.1, -0.05) is 63.9 Å². The van der Waals surface area contributed by atoms with E-state index in [0.717, 1.165) is 18.9 Å². The van der Waals surface area contributed by atoms with E-state index in [1.807, 2.05) is 0 Å². The largest absolute Gasteiger partial charge is 0.330 e. The molecule has 2 atom stereocenters. The quantitative estimate of drug-likeness (QED) is 0.753. The van der Waals surface area contributed by atoms with Crippen LogP contribution in [0.15, 0.2) is 30.3 Å². The van der Waals surface area contributed by atoms with Crippen molar-refractivity contribution < 1.29 is 0 Å². The molecule has 0 aliphatic carbocycles. The van der Waals surface area contributed by atoms with E-state index >= 15 is 0 Å². The highest BCUT2D eigenvalue weighted by atomic mass is 14.6. The van der Waals surface area contributed by atoms with Crippen LogP contribution in [0.2, 0.25) is 0 Å². The average Bonchev–Trinajstić information content (AvgIpc) is 2.37. The van der Waals surface area contributed by atoms with Crippen molar-refractivity contribution in [3.05, 3.63) is 35.9 Å². The molecule has 96 valence electrons. The van der Waals surface area contributed by atoms with Gasteiger partial charge in [-0.2, -0.15) is 0 Å². The fourth-order valence-corrected chi connectivity index (χ4v) is 2.87. The summed E-state index contributed by atoms with van der Waals surface area (Å²) in [5.74, 6) is 0.753. The first-order valence-electron chi connectivity index (χ1n) is 6.94. The highest BCUT2D eigenvalue weighted by Crippen LogP contribution is 2.34. The summed E-state index contributed by atoms with van der Waals surface area (Å²) in [5.41, 5.74) is 7.68. The van der Waals surface area contributed by atoms with E-state index in [4.69, 9.17) is 5.73 Å². The number of nitrogens with two attached hydrogens (primary N) is 1. The van der Waals surface area contributed by atoms with Crippen LogP contribution < -0.4 is 5.73 Å². The molecular formula is C16H27N. The molecule has 0 saturated carbocycles. The van der Waals surface area contributed by atoms with E-state index in [1.165, 1.54) is 24.8 Å². The van der Waals surface area contributed by atoms with Crippen molar-refractivity contribution >= 4 is 0 Å². The third-order valence-electron chi connectivity index (χ3n) is 3.97. The second-order valence-corrected chi connectivity index (χ2v) is 5.30. The van der Waals surface area contributed by atoms with Crippen LogP contribution in [0.4, 0.5) is 0 Å². The molecule has 0 bridgehead atoms. The minimum absolute atomic E-state index is 0.176. The summed E-state index contributed by atoms with van der Waals surface area (Å²) in [4.78, 5) is 0. The topological polar surface area (TPSA) is 26.0 Å². The van der Waals surface area contributed by atoms with E-state index in [2.05, 4.69) is 51.1 Å². The molecule has 1 heteroatoms. The average molecular weight is 233 g/mol. The Hall–Kier alpha value is -0.820. The number of hydrogen-bond acceptors (Lipinski definition) is 1. The summed E-state index contributed by atoms with van der Waals surface area (Å²) < 4.78 is 0. The molecule has 17 heavy (non-hydrogen) atoms. The summed E-state index contributed by atoms with van der Waals surface area (Å²) in [6.45, 7) is 7.63. The lowest BCUT2D eigenvalue weighted by Gasteiger charge is -2.34. The zero-order valence-electron chi connectivity index (χ0n) is 11.6. The van der Waals surface area contributed by atoms with E-state index in [0.29, 0.717) is 0 Å². The first kappa shape index (κ1) is 14.2. The van der Waals surface area contributed by atoms with Gasteiger partial charge in [-0.05, 0) is 24.3 Å². The third kappa shape index (κ3) is 3.57. The summed E-state index contributed by atoms with van der Waals surface area (Å²) in [5, 5.41) is 0. The molecule has 0 spiro atoms. The van der Waals surface area contributed by atoms with Crippen LogP contribution in [0.3, 0.4) is 0 Å². The van der Waals surface area contributed by atoms with E-state index in [9.17, 15) is 0 Å². The lowest BCUT2D eigenvalue weighted by Crippen LogP contribution is -2.36. The smallest absolute Gasteiger partial charge is 0.00754 e. The molecule has 2 unspecified atom stereocenters. The molecule has 0 aliphatic heterocycles. The van der Waals surface area contributed by atoms with Crippen LogP contribution >= 0.6 is 0 Å². The van der Waals surface area contributed by atoms with Crippen molar-refractivity contribution in [3.8, 4) is 0 Å². The van der Waals surface area contributed by atoms with Crippen LogP contribution in [0, 0.1) is 5.92 Å². The molecule has 1 aromatic carbocycles. The van der Waals surface area contributed by atoms with Crippen molar-refractivity contribution in [2.45, 2.75) is 51.9 Å². The van der Waals surface area contributed by atoms with E-state index in [1.54, 1.807) is 0 Å². The molecule has 0 amide bonds. The number of hydrogen-bond donors (Lipinski definition) is 1. The summed E-state index contributed by atoms with van der Waals surface area (Å²) >= 11 is 0. The van der Waals surface area contributed by atoms with Crippen LogP contribution in [0.5, 0.6) is 0 Å². The van der Waals surface area contributed by atoms with Gasteiger partial charge in [0.05, 0.1) is 0 Å². The van der Waals surface area contributed by atoms with Crippen LogP contribution in [-0.2, 0) is 5.41 Å². The van der Waals surface area contributed by atoms with Crippen molar-refractivity contribution in [2.24, 2.45) is 11.7 Å². The predicted octanol–water partition coefficient (Wildman–Crippen LogP) is 4.12. The first-order valence-corrected chi connectivity index (χ1v) is 6.94. The Morgan fingerprint density at radius 3 is 2.29 bits per heavy atom. The van der Waals surface area contributed by atoms with Gasteiger partial charge in [0, 0.05) is 12.0 Å². The van der Waals surface area contributed by atoms with Crippen molar-refractivity contribution in [1.82, 2.24) is 0 Å². The number of rotatable bonds is 7. The van der Waals surface area contributed by atoms with Gasteiger partial charge in [0.15, 0.2) is 0 Å². The van der Waals surface area contributed by atoms with Gasteiger partial charge < -0.3 is 5.73 Å². The number of benzene rings is 1. The van der Waals surface area contributed by atoms with E-state index < -0.39 is 0 Å². The van der Waals surface area contributed by atoms with Crippen molar-refractivity contribution in [2.75, 3.05) is 6.54 Å². The predicted molar refractivity (Wildman–Crippen MR) is 76.2 cm³/mol. The van der Waals surface area contributed by atoms with Crippen LogP contribution in [-0.4, -0.2) is 6.54 Å². The highest BCUT2D eigenvalue weighted by Gasteiger charge is 2.30. The van der Waals surface area contributed by atoms with Crippen molar-refractivity contribution in [1.29, 1.82) is 0 Å². The normalized spacial score (nSPS) is 16.5. The Labute approximate surface area is 106 Å². The molecule has 0 fully saturated rings. The first-order chi connectivity index (χ1) is 8.18. The molecule has 2 N–H and O–H groups in total. The zero-order chi connectivity index (χ0) is 12.7. The molecular weight excluding hydrogens is 206 g/mol. The third-order valence-corrected chi connectivity index (χ3v) is 3.97. The molecule has 0 heterocycles. The SMILES string of the molecule is CCCC(C)CC(CC)(CN)c1ccccc1. The highest BCUT2D eigenvalue weighted by molar-refractivity contribution is 5.25. The van der Waals surface area contributed by atoms with Gasteiger partial charge in [-0.15, -0.1) is 0 Å². The molecule has 1 aromatic rings. The van der Waals surface area contributed by atoms with Crippen molar-refractivity contribution in [3.63, 3.8) is 0 Å². The summed E-state index contributed by atoms with van der Waals surface area (Å²) in [7, 11) is 0. The van der Waals surface area contributed by atoms with Gasteiger partial charge in [0.25, 0.3) is 0 Å². The summed E-state index contributed by atoms with van der Waals surface area (Å²) in [6, 6.07) is 10.8. The molecule has 0 radical (unpaired) electrons. The standard InChI is InChI=1S/C16H27N/c1-4-9-14(3)12-16(5-2,13-17)15-10-7-6-8-11-15/h6-8,10-11,14H,4-5,9,12-13,17H2,1-3H3. The Balaban J connectivity index is 2.89. The minimum atomic E-state index is 0.176. The van der Waals surface area contributed by atoms with Gasteiger partial charge in [-0.25, -0.2) is 0 Å². The Bertz CT molecular complexity index is 301. The lowest BCUT2D eigenvalue weighted by molar-refractivity contribution is 0.311. The maximum atomic E-state index is 6.09. The van der Waals surface area contributed by atoms with Gasteiger partial charge in [-0.3, -0.25) is 0 Å².